The summed E-state index contributed by atoms with van der Waals surface area (Å²) in [7, 11) is 1.29. The predicted molar refractivity (Wildman–Crippen MR) is 63.6 cm³/mol. The zero-order chi connectivity index (χ0) is 12.4. The van der Waals surface area contributed by atoms with Crippen molar-refractivity contribution in [3.05, 3.63) is 40.8 Å². The molecule has 0 unspecified atom stereocenters. The maximum absolute atomic E-state index is 13.5. The van der Waals surface area contributed by atoms with E-state index in [2.05, 4.69) is 9.72 Å². The topological polar surface area (TPSA) is 39.2 Å². The van der Waals surface area contributed by atoms with Crippen molar-refractivity contribution in [3.8, 4) is 10.4 Å². The van der Waals surface area contributed by atoms with Gasteiger partial charge in [0.2, 0.25) is 0 Å². The molecule has 17 heavy (non-hydrogen) atoms. The summed E-state index contributed by atoms with van der Waals surface area (Å²) in [5.74, 6) is -0.811. The highest BCUT2D eigenvalue weighted by atomic mass is 32.1. The lowest BCUT2D eigenvalue weighted by molar-refractivity contribution is 0.0596. The number of aromatic nitrogens is 1. The molecular weight excluding hydrogens is 241 g/mol. The number of carbonyl (C=O) groups excluding carboxylic acids is 1. The third-order valence-electron chi connectivity index (χ3n) is 2.38. The van der Waals surface area contributed by atoms with Crippen LogP contribution in [0, 0.1) is 12.7 Å². The number of benzene rings is 1. The molecule has 0 aliphatic carbocycles. The average molecular weight is 251 g/mol. The highest BCUT2D eigenvalue weighted by molar-refractivity contribution is 7.13. The molecule has 88 valence electrons. The molecule has 3 nitrogen and oxygen atoms in total. The van der Waals surface area contributed by atoms with Crippen molar-refractivity contribution in [1.82, 2.24) is 4.98 Å². The van der Waals surface area contributed by atoms with Gasteiger partial charge in [0, 0.05) is 0 Å². The highest BCUT2D eigenvalue weighted by Gasteiger charge is 2.17. The summed E-state index contributed by atoms with van der Waals surface area (Å²) in [6.07, 6.45) is 0. The van der Waals surface area contributed by atoms with E-state index in [1.54, 1.807) is 24.6 Å². The molecule has 1 heterocycles. The fourth-order valence-electron chi connectivity index (χ4n) is 1.43. The molecule has 2 rings (SSSR count). The number of nitrogens with zero attached hydrogens (tertiary/aromatic N) is 1. The number of halogens is 1. The lowest BCUT2D eigenvalue weighted by Gasteiger charge is -2.02. The van der Waals surface area contributed by atoms with Gasteiger partial charge < -0.3 is 4.74 Å². The van der Waals surface area contributed by atoms with Crippen LogP contribution in [0.3, 0.4) is 0 Å². The Hall–Kier alpha value is -1.75. The van der Waals surface area contributed by atoms with Gasteiger partial charge in [0.05, 0.1) is 17.5 Å². The van der Waals surface area contributed by atoms with Gasteiger partial charge in [-0.05, 0) is 24.1 Å². The zero-order valence-corrected chi connectivity index (χ0v) is 10.2. The van der Waals surface area contributed by atoms with Gasteiger partial charge in [-0.25, -0.2) is 14.2 Å². The van der Waals surface area contributed by atoms with Crippen LogP contribution in [0.2, 0.25) is 0 Å². The molecule has 0 spiro atoms. The van der Waals surface area contributed by atoms with Crippen LogP contribution in [0.4, 0.5) is 4.39 Å². The summed E-state index contributed by atoms with van der Waals surface area (Å²) in [6.45, 7) is 1.69. The number of hydrogen-bond donors (Lipinski definition) is 0. The van der Waals surface area contributed by atoms with Crippen molar-refractivity contribution < 1.29 is 13.9 Å². The third-order valence-corrected chi connectivity index (χ3v) is 3.26. The SMILES string of the molecule is COC(=O)c1ncsc1-c1ccc(C)c(F)c1. The van der Waals surface area contributed by atoms with Gasteiger partial charge in [0.15, 0.2) is 5.69 Å². The van der Waals surface area contributed by atoms with Gasteiger partial charge in [-0.2, -0.15) is 0 Å². The van der Waals surface area contributed by atoms with E-state index in [-0.39, 0.29) is 11.5 Å². The number of rotatable bonds is 2. The van der Waals surface area contributed by atoms with E-state index in [0.717, 1.165) is 0 Å². The molecule has 5 heteroatoms. The normalized spacial score (nSPS) is 10.3. The minimum absolute atomic E-state index is 0.223. The summed E-state index contributed by atoms with van der Waals surface area (Å²) in [4.78, 5) is 16.0. The minimum atomic E-state index is -0.512. The van der Waals surface area contributed by atoms with E-state index >= 15 is 0 Å². The molecule has 0 fully saturated rings. The number of esters is 1. The summed E-state index contributed by atoms with van der Waals surface area (Å²) in [6, 6.07) is 4.83. The first-order valence-corrected chi connectivity index (χ1v) is 5.79. The molecule has 0 radical (unpaired) electrons. The molecule has 0 amide bonds. The molecule has 0 atom stereocenters. The second-order valence-electron chi connectivity index (χ2n) is 3.49. The van der Waals surface area contributed by atoms with Gasteiger partial charge in [-0.15, -0.1) is 11.3 Å². The number of hydrogen-bond acceptors (Lipinski definition) is 4. The van der Waals surface area contributed by atoms with E-state index in [1.165, 1.54) is 24.5 Å². The first-order chi connectivity index (χ1) is 8.13. The molecule has 0 N–H and O–H groups in total. The molecule has 0 saturated carbocycles. The predicted octanol–water partition coefficient (Wildman–Crippen LogP) is 3.04. The van der Waals surface area contributed by atoms with E-state index in [4.69, 9.17) is 0 Å². The average Bonchev–Trinajstić information content (AvgIpc) is 2.80. The number of carbonyl (C=O) groups is 1. The quantitative estimate of drug-likeness (QED) is 0.770. The molecule has 0 aliphatic heterocycles. The number of ether oxygens (including phenoxy) is 1. The maximum Gasteiger partial charge on any atom is 0.358 e. The van der Waals surface area contributed by atoms with Crippen molar-refractivity contribution in [2.45, 2.75) is 6.92 Å². The van der Waals surface area contributed by atoms with Crippen molar-refractivity contribution in [3.63, 3.8) is 0 Å². The zero-order valence-electron chi connectivity index (χ0n) is 9.36. The second-order valence-corrected chi connectivity index (χ2v) is 4.34. The molecule has 0 bridgehead atoms. The van der Waals surface area contributed by atoms with Crippen LogP contribution in [0.5, 0.6) is 0 Å². The van der Waals surface area contributed by atoms with E-state index in [9.17, 15) is 9.18 Å². The Balaban J connectivity index is 2.50. The monoisotopic (exact) mass is 251 g/mol. The summed E-state index contributed by atoms with van der Waals surface area (Å²) in [5.41, 5.74) is 2.97. The van der Waals surface area contributed by atoms with Gasteiger partial charge in [-0.3, -0.25) is 0 Å². The third kappa shape index (κ3) is 2.19. The van der Waals surface area contributed by atoms with Crippen LogP contribution in [0.1, 0.15) is 16.1 Å². The Labute approximate surface area is 102 Å². The lowest BCUT2D eigenvalue weighted by Crippen LogP contribution is -2.03. The first kappa shape index (κ1) is 11.7. The molecule has 2 aromatic rings. The first-order valence-electron chi connectivity index (χ1n) is 4.92. The van der Waals surface area contributed by atoms with Gasteiger partial charge in [0.1, 0.15) is 5.82 Å². The van der Waals surface area contributed by atoms with Gasteiger partial charge in [0.25, 0.3) is 0 Å². The van der Waals surface area contributed by atoms with Crippen molar-refractivity contribution in [2.24, 2.45) is 0 Å². The van der Waals surface area contributed by atoms with Crippen LogP contribution in [-0.4, -0.2) is 18.1 Å². The smallest absolute Gasteiger partial charge is 0.358 e. The van der Waals surface area contributed by atoms with Crippen molar-refractivity contribution in [1.29, 1.82) is 0 Å². The summed E-state index contributed by atoms with van der Waals surface area (Å²) >= 11 is 1.28. The Bertz CT molecular complexity index is 565. The lowest BCUT2D eigenvalue weighted by atomic mass is 10.1. The summed E-state index contributed by atoms with van der Waals surface area (Å²) in [5, 5.41) is 0. The maximum atomic E-state index is 13.5. The minimum Gasteiger partial charge on any atom is -0.464 e. The Morgan fingerprint density at radius 2 is 2.24 bits per heavy atom. The molecule has 1 aromatic carbocycles. The summed E-state index contributed by atoms with van der Waals surface area (Å²) < 4.78 is 18.1. The Kier molecular flexibility index (Phi) is 3.19. The van der Waals surface area contributed by atoms with Gasteiger partial charge in [-0.1, -0.05) is 12.1 Å². The van der Waals surface area contributed by atoms with E-state index in [0.29, 0.717) is 16.0 Å². The van der Waals surface area contributed by atoms with Crippen LogP contribution >= 0.6 is 11.3 Å². The fourth-order valence-corrected chi connectivity index (χ4v) is 2.20. The number of methoxy groups -OCH3 is 1. The van der Waals surface area contributed by atoms with E-state index in [1.807, 2.05) is 0 Å². The molecular formula is C12H10FNO2S. The fraction of sp³-hybridized carbons (Fsp3) is 0.167. The van der Waals surface area contributed by atoms with Gasteiger partial charge >= 0.3 is 5.97 Å². The van der Waals surface area contributed by atoms with Crippen molar-refractivity contribution in [2.75, 3.05) is 7.11 Å². The molecule has 0 aliphatic rings. The molecule has 1 aromatic heterocycles. The van der Waals surface area contributed by atoms with Crippen LogP contribution in [-0.2, 0) is 4.74 Å². The Morgan fingerprint density at radius 3 is 2.88 bits per heavy atom. The second kappa shape index (κ2) is 4.63. The van der Waals surface area contributed by atoms with Crippen LogP contribution < -0.4 is 0 Å². The van der Waals surface area contributed by atoms with Crippen molar-refractivity contribution >= 4 is 17.3 Å². The Morgan fingerprint density at radius 1 is 1.47 bits per heavy atom. The standard InChI is InChI=1S/C12H10FNO2S/c1-7-3-4-8(5-9(7)13)11-10(12(15)16-2)14-6-17-11/h3-6H,1-2H3. The highest BCUT2D eigenvalue weighted by Crippen LogP contribution is 2.29. The number of thiazole rings is 1. The van der Waals surface area contributed by atoms with Crippen LogP contribution in [0.15, 0.2) is 23.7 Å². The number of aryl methyl sites for hydroxylation is 1. The molecule has 0 saturated heterocycles. The van der Waals surface area contributed by atoms with Crippen LogP contribution in [0.25, 0.3) is 10.4 Å². The largest absolute Gasteiger partial charge is 0.464 e. The van der Waals surface area contributed by atoms with E-state index < -0.39 is 5.97 Å².